The molecule has 1 saturated carbocycles. The molecule has 1 heterocycles. The fraction of sp³-hybridized carbons (Fsp3) is 0.818. The van der Waals surface area contributed by atoms with Crippen molar-refractivity contribution in [3.8, 4) is 0 Å². The van der Waals surface area contributed by atoms with E-state index in [1.165, 1.54) is 12.8 Å². The molecule has 0 aliphatic heterocycles. The van der Waals surface area contributed by atoms with Crippen molar-refractivity contribution < 1.29 is 4.52 Å². The molecule has 15 heavy (non-hydrogen) atoms. The van der Waals surface area contributed by atoms with E-state index in [0.717, 1.165) is 31.0 Å². The standard InChI is InChI=1S/C11H19N3O/c1-3-11(12,4-2)10-13-9(14-15-10)7-8-5-6-8/h8H,3-7,12H2,1-2H3. The highest BCUT2D eigenvalue weighted by molar-refractivity contribution is 5.02. The maximum Gasteiger partial charge on any atom is 0.246 e. The summed E-state index contributed by atoms with van der Waals surface area (Å²) >= 11 is 0. The van der Waals surface area contributed by atoms with E-state index in [4.69, 9.17) is 10.3 Å². The predicted octanol–water partition coefficient (Wildman–Crippen LogP) is 2.00. The molecule has 0 radical (unpaired) electrons. The van der Waals surface area contributed by atoms with Crippen LogP contribution < -0.4 is 5.73 Å². The first-order valence-corrected chi connectivity index (χ1v) is 5.80. The molecule has 0 amide bonds. The Kier molecular flexibility index (Phi) is 2.78. The number of hydrogen-bond donors (Lipinski definition) is 1. The van der Waals surface area contributed by atoms with Crippen LogP contribution >= 0.6 is 0 Å². The quantitative estimate of drug-likeness (QED) is 0.805. The first-order chi connectivity index (χ1) is 7.18. The molecular weight excluding hydrogens is 190 g/mol. The Bertz CT molecular complexity index is 326. The Balaban J connectivity index is 2.10. The van der Waals surface area contributed by atoms with Gasteiger partial charge < -0.3 is 10.3 Å². The lowest BCUT2D eigenvalue weighted by molar-refractivity contribution is 0.266. The summed E-state index contributed by atoms with van der Waals surface area (Å²) in [6.45, 7) is 4.10. The summed E-state index contributed by atoms with van der Waals surface area (Å²) in [5, 5.41) is 3.99. The van der Waals surface area contributed by atoms with Gasteiger partial charge in [-0.25, -0.2) is 0 Å². The average Bonchev–Trinajstić information content (AvgIpc) is 2.93. The highest BCUT2D eigenvalue weighted by Crippen LogP contribution is 2.32. The van der Waals surface area contributed by atoms with Crippen LogP contribution in [0.3, 0.4) is 0 Å². The second-order valence-electron chi connectivity index (χ2n) is 4.53. The molecule has 0 unspecified atom stereocenters. The normalized spacial score (nSPS) is 17.0. The zero-order valence-electron chi connectivity index (χ0n) is 9.49. The largest absolute Gasteiger partial charge is 0.337 e. The summed E-state index contributed by atoms with van der Waals surface area (Å²) in [5.41, 5.74) is 5.75. The maximum absolute atomic E-state index is 6.18. The first-order valence-electron chi connectivity index (χ1n) is 5.80. The van der Waals surface area contributed by atoms with Crippen molar-refractivity contribution >= 4 is 0 Å². The lowest BCUT2D eigenvalue weighted by atomic mass is 9.94. The van der Waals surface area contributed by atoms with E-state index in [9.17, 15) is 0 Å². The average molecular weight is 209 g/mol. The third kappa shape index (κ3) is 2.20. The molecule has 1 aliphatic rings. The molecule has 1 fully saturated rings. The maximum atomic E-state index is 6.18. The fourth-order valence-electron chi connectivity index (χ4n) is 1.67. The second kappa shape index (κ2) is 3.93. The minimum atomic E-state index is -0.436. The summed E-state index contributed by atoms with van der Waals surface area (Å²) < 4.78 is 5.25. The number of aromatic nitrogens is 2. The smallest absolute Gasteiger partial charge is 0.246 e. The van der Waals surface area contributed by atoms with E-state index in [2.05, 4.69) is 10.1 Å². The fourth-order valence-corrected chi connectivity index (χ4v) is 1.67. The molecule has 4 heteroatoms. The van der Waals surface area contributed by atoms with Gasteiger partial charge in [0, 0.05) is 6.42 Å². The van der Waals surface area contributed by atoms with Crippen molar-refractivity contribution in [3.05, 3.63) is 11.7 Å². The summed E-state index contributed by atoms with van der Waals surface area (Å²) in [4.78, 5) is 4.40. The molecule has 1 aromatic rings. The predicted molar refractivity (Wildman–Crippen MR) is 57.2 cm³/mol. The van der Waals surface area contributed by atoms with Crippen LogP contribution in [-0.4, -0.2) is 10.1 Å². The van der Waals surface area contributed by atoms with Crippen LogP contribution in [0.4, 0.5) is 0 Å². The van der Waals surface area contributed by atoms with Crippen molar-refractivity contribution in [2.45, 2.75) is 51.5 Å². The van der Waals surface area contributed by atoms with Gasteiger partial charge in [-0.05, 0) is 31.6 Å². The van der Waals surface area contributed by atoms with E-state index < -0.39 is 5.54 Å². The van der Waals surface area contributed by atoms with Crippen LogP contribution in [0.1, 0.15) is 51.2 Å². The van der Waals surface area contributed by atoms with Crippen molar-refractivity contribution in [2.75, 3.05) is 0 Å². The van der Waals surface area contributed by atoms with Gasteiger partial charge in [0.15, 0.2) is 5.82 Å². The van der Waals surface area contributed by atoms with E-state index in [-0.39, 0.29) is 0 Å². The summed E-state index contributed by atoms with van der Waals surface area (Å²) in [5.74, 6) is 2.21. The SMILES string of the molecule is CCC(N)(CC)c1nc(CC2CC2)no1. The number of nitrogens with zero attached hydrogens (tertiary/aromatic N) is 2. The van der Waals surface area contributed by atoms with Crippen LogP contribution in [0.5, 0.6) is 0 Å². The molecule has 0 spiro atoms. The Morgan fingerprint density at radius 3 is 2.60 bits per heavy atom. The van der Waals surface area contributed by atoms with Gasteiger partial charge in [-0.1, -0.05) is 19.0 Å². The van der Waals surface area contributed by atoms with Gasteiger partial charge in [0.05, 0.1) is 5.54 Å². The molecule has 4 nitrogen and oxygen atoms in total. The minimum Gasteiger partial charge on any atom is -0.337 e. The van der Waals surface area contributed by atoms with E-state index in [0.29, 0.717) is 5.89 Å². The van der Waals surface area contributed by atoms with Crippen molar-refractivity contribution in [3.63, 3.8) is 0 Å². The van der Waals surface area contributed by atoms with E-state index in [1.54, 1.807) is 0 Å². The van der Waals surface area contributed by atoms with Crippen molar-refractivity contribution in [2.24, 2.45) is 11.7 Å². The number of hydrogen-bond acceptors (Lipinski definition) is 4. The second-order valence-corrected chi connectivity index (χ2v) is 4.53. The zero-order valence-corrected chi connectivity index (χ0v) is 9.49. The Hall–Kier alpha value is -0.900. The Morgan fingerprint density at radius 1 is 1.40 bits per heavy atom. The van der Waals surface area contributed by atoms with Gasteiger partial charge in [0.1, 0.15) is 0 Å². The Labute approximate surface area is 90.2 Å². The molecule has 1 aliphatic carbocycles. The summed E-state index contributed by atoms with van der Waals surface area (Å²) in [7, 11) is 0. The molecule has 0 aromatic carbocycles. The van der Waals surface area contributed by atoms with E-state index >= 15 is 0 Å². The highest BCUT2D eigenvalue weighted by atomic mass is 16.5. The Morgan fingerprint density at radius 2 is 2.07 bits per heavy atom. The third-order valence-corrected chi connectivity index (χ3v) is 3.32. The van der Waals surface area contributed by atoms with Crippen LogP contribution in [0.25, 0.3) is 0 Å². The summed E-state index contributed by atoms with van der Waals surface area (Å²) in [6, 6.07) is 0. The lowest BCUT2D eigenvalue weighted by Crippen LogP contribution is -2.35. The van der Waals surface area contributed by atoms with Gasteiger partial charge in [-0.15, -0.1) is 0 Å². The van der Waals surface area contributed by atoms with Crippen LogP contribution in [0.2, 0.25) is 0 Å². The minimum absolute atomic E-state index is 0.436. The van der Waals surface area contributed by atoms with Crippen LogP contribution in [0, 0.1) is 5.92 Å². The molecule has 84 valence electrons. The number of nitrogens with two attached hydrogens (primary N) is 1. The topological polar surface area (TPSA) is 64.9 Å². The zero-order chi connectivity index (χ0) is 10.9. The van der Waals surface area contributed by atoms with Gasteiger partial charge in [0.25, 0.3) is 0 Å². The molecule has 0 saturated heterocycles. The lowest BCUT2D eigenvalue weighted by Gasteiger charge is -2.20. The highest BCUT2D eigenvalue weighted by Gasteiger charge is 2.31. The molecular formula is C11H19N3O. The van der Waals surface area contributed by atoms with Crippen molar-refractivity contribution in [1.29, 1.82) is 0 Å². The molecule has 2 N–H and O–H groups in total. The third-order valence-electron chi connectivity index (χ3n) is 3.32. The molecule has 0 atom stereocenters. The van der Waals surface area contributed by atoms with E-state index in [1.807, 2.05) is 13.8 Å². The molecule has 2 rings (SSSR count). The first kappa shape index (κ1) is 10.6. The monoisotopic (exact) mass is 209 g/mol. The summed E-state index contributed by atoms with van der Waals surface area (Å²) in [6.07, 6.45) is 5.22. The van der Waals surface area contributed by atoms with Gasteiger partial charge in [-0.3, -0.25) is 0 Å². The van der Waals surface area contributed by atoms with Gasteiger partial charge in [-0.2, -0.15) is 4.98 Å². The van der Waals surface area contributed by atoms with Crippen molar-refractivity contribution in [1.82, 2.24) is 10.1 Å². The van der Waals surface area contributed by atoms with Crippen LogP contribution in [0.15, 0.2) is 4.52 Å². The van der Waals surface area contributed by atoms with Crippen LogP contribution in [-0.2, 0) is 12.0 Å². The van der Waals surface area contributed by atoms with Gasteiger partial charge in [0.2, 0.25) is 5.89 Å². The molecule has 1 aromatic heterocycles. The van der Waals surface area contributed by atoms with Gasteiger partial charge >= 0.3 is 0 Å². The molecule has 0 bridgehead atoms. The number of rotatable bonds is 5.